The number of benzene rings is 2. The van der Waals surface area contributed by atoms with Crippen LogP contribution in [0.2, 0.25) is 0 Å². The average molecular weight is 411 g/mol. The van der Waals surface area contributed by atoms with Crippen molar-refractivity contribution in [1.29, 1.82) is 0 Å². The van der Waals surface area contributed by atoms with E-state index < -0.39 is 5.92 Å². The van der Waals surface area contributed by atoms with E-state index in [9.17, 15) is 9.59 Å². The second-order valence-corrected chi connectivity index (χ2v) is 6.93. The third-order valence-corrected chi connectivity index (χ3v) is 4.92. The smallest absolute Gasteiger partial charge is 0.245 e. The maximum atomic E-state index is 12.5. The number of rotatable bonds is 7. The molecule has 1 N–H and O–H groups in total. The van der Waals surface area contributed by atoms with Crippen molar-refractivity contribution < 1.29 is 23.8 Å². The molecule has 2 amide bonds. The summed E-state index contributed by atoms with van der Waals surface area (Å²) in [5, 5.41) is 4.02. The molecular formula is C22H25N3O5. The molecule has 0 saturated carbocycles. The largest absolute Gasteiger partial charge is 0.493 e. The highest BCUT2D eigenvalue weighted by Crippen LogP contribution is 2.37. The Hall–Kier alpha value is -3.55. The first-order chi connectivity index (χ1) is 14.5. The Morgan fingerprint density at radius 2 is 1.73 bits per heavy atom. The lowest BCUT2D eigenvalue weighted by Crippen LogP contribution is -2.30. The molecule has 0 unspecified atom stereocenters. The summed E-state index contributed by atoms with van der Waals surface area (Å²) in [5.41, 5.74) is 5.08. The molecule has 1 saturated heterocycles. The third kappa shape index (κ3) is 4.53. The van der Waals surface area contributed by atoms with Crippen LogP contribution in [0.25, 0.3) is 0 Å². The van der Waals surface area contributed by atoms with Gasteiger partial charge in [-0.05, 0) is 31.2 Å². The first-order valence-corrected chi connectivity index (χ1v) is 9.46. The molecule has 30 heavy (non-hydrogen) atoms. The Bertz CT molecular complexity index is 931. The monoisotopic (exact) mass is 411 g/mol. The molecule has 8 nitrogen and oxygen atoms in total. The molecule has 0 aliphatic carbocycles. The van der Waals surface area contributed by atoms with Gasteiger partial charge in [-0.2, -0.15) is 5.10 Å². The Kier molecular flexibility index (Phi) is 6.56. The van der Waals surface area contributed by atoms with E-state index in [4.69, 9.17) is 14.2 Å². The van der Waals surface area contributed by atoms with E-state index in [1.54, 1.807) is 17.0 Å². The second-order valence-electron chi connectivity index (χ2n) is 6.93. The Morgan fingerprint density at radius 1 is 1.10 bits per heavy atom. The van der Waals surface area contributed by atoms with Gasteiger partial charge in [0.15, 0.2) is 11.5 Å². The van der Waals surface area contributed by atoms with Gasteiger partial charge in [0.2, 0.25) is 17.6 Å². The van der Waals surface area contributed by atoms with Crippen LogP contribution < -0.4 is 24.5 Å². The number of hydrazone groups is 1. The molecule has 2 aromatic carbocycles. The van der Waals surface area contributed by atoms with Gasteiger partial charge in [-0.25, -0.2) is 5.43 Å². The van der Waals surface area contributed by atoms with Crippen molar-refractivity contribution in [1.82, 2.24) is 5.43 Å². The predicted molar refractivity (Wildman–Crippen MR) is 113 cm³/mol. The van der Waals surface area contributed by atoms with E-state index >= 15 is 0 Å². The van der Waals surface area contributed by atoms with Crippen LogP contribution in [0.1, 0.15) is 17.5 Å². The molecule has 1 heterocycles. The molecule has 1 aliphatic rings. The third-order valence-electron chi connectivity index (χ3n) is 4.92. The summed E-state index contributed by atoms with van der Waals surface area (Å²) in [6.07, 6.45) is 1.64. The highest BCUT2D eigenvalue weighted by Gasteiger charge is 2.35. The molecule has 8 heteroatoms. The number of nitrogens with one attached hydrogen (secondary N) is 1. The van der Waals surface area contributed by atoms with Crippen LogP contribution >= 0.6 is 0 Å². The van der Waals surface area contributed by atoms with Crippen LogP contribution in [0.5, 0.6) is 17.2 Å². The van der Waals surface area contributed by atoms with E-state index in [0.717, 1.165) is 11.3 Å². The molecule has 1 fully saturated rings. The predicted octanol–water partition coefficient (Wildman–Crippen LogP) is 2.52. The molecule has 158 valence electrons. The van der Waals surface area contributed by atoms with Gasteiger partial charge in [0.1, 0.15) is 0 Å². The fourth-order valence-corrected chi connectivity index (χ4v) is 3.30. The number of carbonyl (C=O) groups excluding carboxylic acids is 2. The first kappa shape index (κ1) is 21.2. The number of anilines is 1. The van der Waals surface area contributed by atoms with Gasteiger partial charge in [-0.3, -0.25) is 9.59 Å². The molecule has 0 radical (unpaired) electrons. The maximum Gasteiger partial charge on any atom is 0.245 e. The normalized spacial score (nSPS) is 16.1. The molecule has 0 spiro atoms. The summed E-state index contributed by atoms with van der Waals surface area (Å²) in [5.74, 6) is 0.603. The summed E-state index contributed by atoms with van der Waals surface area (Å²) < 4.78 is 15.9. The van der Waals surface area contributed by atoms with E-state index in [2.05, 4.69) is 10.5 Å². The van der Waals surface area contributed by atoms with Gasteiger partial charge < -0.3 is 19.1 Å². The molecule has 1 atom stereocenters. The van der Waals surface area contributed by atoms with Gasteiger partial charge in [-0.1, -0.05) is 17.7 Å². The molecule has 0 aromatic heterocycles. The van der Waals surface area contributed by atoms with E-state index in [1.807, 2.05) is 31.2 Å². The fourth-order valence-electron chi connectivity index (χ4n) is 3.30. The van der Waals surface area contributed by atoms with Crippen molar-refractivity contribution in [2.24, 2.45) is 11.0 Å². The minimum absolute atomic E-state index is 0.0763. The van der Waals surface area contributed by atoms with Crippen LogP contribution in [0.15, 0.2) is 41.5 Å². The Balaban J connectivity index is 1.65. The first-order valence-electron chi connectivity index (χ1n) is 9.46. The summed E-state index contributed by atoms with van der Waals surface area (Å²) in [4.78, 5) is 26.5. The van der Waals surface area contributed by atoms with Gasteiger partial charge in [0.05, 0.1) is 33.5 Å². The summed E-state index contributed by atoms with van der Waals surface area (Å²) in [7, 11) is 4.57. The van der Waals surface area contributed by atoms with Gasteiger partial charge in [-0.15, -0.1) is 0 Å². The summed E-state index contributed by atoms with van der Waals surface area (Å²) in [6.45, 7) is 2.31. The van der Waals surface area contributed by atoms with Crippen molar-refractivity contribution in [2.45, 2.75) is 13.3 Å². The van der Waals surface area contributed by atoms with Crippen molar-refractivity contribution in [3.63, 3.8) is 0 Å². The van der Waals surface area contributed by atoms with Gasteiger partial charge >= 0.3 is 0 Å². The van der Waals surface area contributed by atoms with E-state index in [-0.39, 0.29) is 18.2 Å². The van der Waals surface area contributed by atoms with Crippen molar-refractivity contribution in [2.75, 3.05) is 32.8 Å². The lowest BCUT2D eigenvalue weighted by atomic mass is 10.1. The standard InChI is InChI=1S/C22H25N3O5/c1-14-5-7-17(8-6-14)25-13-16(11-20(25)26)22(27)24-23-12-15-9-18(28-2)21(30-4)19(10-15)29-3/h5-10,12,16H,11,13H2,1-4H3,(H,24,27)/b23-12-/t16-/m1/s1. The molecule has 3 rings (SSSR count). The van der Waals surface area contributed by atoms with Crippen molar-refractivity contribution in [3.05, 3.63) is 47.5 Å². The number of methoxy groups -OCH3 is 3. The molecule has 1 aliphatic heterocycles. The number of hydrogen-bond acceptors (Lipinski definition) is 6. The number of nitrogens with zero attached hydrogens (tertiary/aromatic N) is 2. The van der Waals surface area contributed by atoms with Crippen LogP contribution in [-0.4, -0.2) is 45.9 Å². The quantitative estimate of drug-likeness (QED) is 0.559. The second kappa shape index (κ2) is 9.30. The number of hydrogen-bond donors (Lipinski definition) is 1. The number of amides is 2. The van der Waals surface area contributed by atoms with Gasteiger partial charge in [0.25, 0.3) is 0 Å². The van der Waals surface area contributed by atoms with E-state index in [1.165, 1.54) is 27.5 Å². The Labute approximate surface area is 175 Å². The maximum absolute atomic E-state index is 12.5. The summed E-state index contributed by atoms with van der Waals surface area (Å²) >= 11 is 0. The minimum atomic E-state index is -0.462. The molecule has 0 bridgehead atoms. The zero-order valence-electron chi connectivity index (χ0n) is 17.5. The fraction of sp³-hybridized carbons (Fsp3) is 0.318. The minimum Gasteiger partial charge on any atom is -0.493 e. The lowest BCUT2D eigenvalue weighted by molar-refractivity contribution is -0.126. The van der Waals surface area contributed by atoms with Crippen molar-refractivity contribution in [3.8, 4) is 17.2 Å². The number of carbonyl (C=O) groups is 2. The topological polar surface area (TPSA) is 89.5 Å². The zero-order valence-corrected chi connectivity index (χ0v) is 17.5. The number of ether oxygens (including phenoxy) is 3. The zero-order chi connectivity index (χ0) is 21.7. The van der Waals surface area contributed by atoms with Crippen molar-refractivity contribution >= 4 is 23.7 Å². The highest BCUT2D eigenvalue weighted by molar-refractivity contribution is 6.00. The van der Waals surface area contributed by atoms with Crippen LogP contribution in [0.3, 0.4) is 0 Å². The van der Waals surface area contributed by atoms with Gasteiger partial charge in [0, 0.05) is 24.2 Å². The van der Waals surface area contributed by atoms with Crippen LogP contribution in [0.4, 0.5) is 5.69 Å². The SMILES string of the molecule is COc1cc(/C=N\NC(=O)[C@@H]2CC(=O)N(c3ccc(C)cc3)C2)cc(OC)c1OC. The summed E-state index contributed by atoms with van der Waals surface area (Å²) in [6, 6.07) is 11.1. The van der Waals surface area contributed by atoms with Crippen LogP contribution in [0, 0.1) is 12.8 Å². The van der Waals surface area contributed by atoms with E-state index in [0.29, 0.717) is 29.4 Å². The molecular weight excluding hydrogens is 386 g/mol. The molecule has 2 aromatic rings. The highest BCUT2D eigenvalue weighted by atomic mass is 16.5. The van der Waals surface area contributed by atoms with Crippen LogP contribution in [-0.2, 0) is 9.59 Å². The lowest BCUT2D eigenvalue weighted by Gasteiger charge is -2.16. The average Bonchev–Trinajstić information content (AvgIpc) is 3.15. The Morgan fingerprint density at radius 3 is 2.30 bits per heavy atom. The number of aryl methyl sites for hydroxylation is 1.